The molecule has 0 aliphatic heterocycles. The average Bonchev–Trinajstić information content (AvgIpc) is 2.69. The normalized spacial score (nSPS) is 12.7. The van der Waals surface area contributed by atoms with Crippen LogP contribution in [0.2, 0.25) is 10.0 Å². The van der Waals surface area contributed by atoms with Gasteiger partial charge in [0.15, 0.2) is 0 Å². The molecule has 0 N–H and O–H groups in total. The number of thiophene rings is 1. The van der Waals surface area contributed by atoms with Gasteiger partial charge in [-0.05, 0) is 29.1 Å². The van der Waals surface area contributed by atoms with E-state index in [9.17, 15) is 0 Å². The molecule has 0 fully saturated rings. The smallest absolute Gasteiger partial charge is 0.0752 e. The van der Waals surface area contributed by atoms with Crippen LogP contribution < -0.4 is 0 Å². The quantitative estimate of drug-likeness (QED) is 0.637. The standard InChI is InChI=1S/C11H7BrCl2S/c12-11(10-2-1-5-15-10)8-4-3-7(13)6-9(8)14/h1-6,11H. The molecule has 1 aromatic heterocycles. The fourth-order valence-electron chi connectivity index (χ4n) is 1.30. The Morgan fingerprint density at radius 2 is 2.00 bits per heavy atom. The van der Waals surface area contributed by atoms with Crippen molar-refractivity contribution in [3.8, 4) is 0 Å². The van der Waals surface area contributed by atoms with Crippen LogP contribution in [0.25, 0.3) is 0 Å². The molecule has 15 heavy (non-hydrogen) atoms. The molecule has 4 heteroatoms. The van der Waals surface area contributed by atoms with Gasteiger partial charge in [0.1, 0.15) is 0 Å². The lowest BCUT2D eigenvalue weighted by Gasteiger charge is -2.10. The van der Waals surface area contributed by atoms with Gasteiger partial charge in [-0.15, -0.1) is 11.3 Å². The minimum atomic E-state index is 0.141. The zero-order valence-electron chi connectivity index (χ0n) is 7.58. The fraction of sp³-hybridized carbons (Fsp3) is 0.0909. The number of hydrogen-bond donors (Lipinski definition) is 0. The molecule has 1 heterocycles. The fourth-order valence-corrected chi connectivity index (χ4v) is 3.54. The molecule has 0 saturated carbocycles. The highest BCUT2D eigenvalue weighted by Gasteiger charge is 2.14. The molecule has 1 aromatic carbocycles. The first-order chi connectivity index (χ1) is 7.18. The number of rotatable bonds is 2. The van der Waals surface area contributed by atoms with Crippen LogP contribution in [0.3, 0.4) is 0 Å². The molecular weight excluding hydrogens is 315 g/mol. The summed E-state index contributed by atoms with van der Waals surface area (Å²) in [6.45, 7) is 0. The molecule has 0 radical (unpaired) electrons. The molecule has 0 spiro atoms. The van der Waals surface area contributed by atoms with Crippen molar-refractivity contribution in [3.63, 3.8) is 0 Å². The molecule has 0 aliphatic carbocycles. The molecule has 0 nitrogen and oxygen atoms in total. The van der Waals surface area contributed by atoms with Crippen LogP contribution >= 0.6 is 50.5 Å². The first-order valence-electron chi connectivity index (χ1n) is 4.31. The van der Waals surface area contributed by atoms with E-state index in [-0.39, 0.29) is 4.83 Å². The minimum absolute atomic E-state index is 0.141. The van der Waals surface area contributed by atoms with Gasteiger partial charge >= 0.3 is 0 Å². The molecule has 78 valence electrons. The monoisotopic (exact) mass is 320 g/mol. The second-order valence-electron chi connectivity index (χ2n) is 3.04. The van der Waals surface area contributed by atoms with E-state index in [0.717, 1.165) is 5.56 Å². The van der Waals surface area contributed by atoms with Gasteiger partial charge in [-0.1, -0.05) is 51.3 Å². The van der Waals surface area contributed by atoms with Gasteiger partial charge in [-0.25, -0.2) is 0 Å². The highest BCUT2D eigenvalue weighted by molar-refractivity contribution is 9.09. The summed E-state index contributed by atoms with van der Waals surface area (Å²) in [7, 11) is 0. The maximum absolute atomic E-state index is 6.13. The summed E-state index contributed by atoms with van der Waals surface area (Å²) < 4.78 is 0. The largest absolute Gasteiger partial charge is 0.147 e. The number of halogens is 3. The molecule has 2 rings (SSSR count). The third kappa shape index (κ3) is 2.56. The summed E-state index contributed by atoms with van der Waals surface area (Å²) in [5.74, 6) is 0. The van der Waals surface area contributed by atoms with Crippen molar-refractivity contribution in [3.05, 3.63) is 56.2 Å². The SMILES string of the molecule is Clc1ccc(C(Br)c2cccs2)c(Cl)c1. The van der Waals surface area contributed by atoms with Gasteiger partial charge in [0.05, 0.1) is 4.83 Å². The Kier molecular flexibility index (Phi) is 3.73. The van der Waals surface area contributed by atoms with Crippen molar-refractivity contribution in [2.45, 2.75) is 4.83 Å². The Labute approximate surface area is 111 Å². The van der Waals surface area contributed by atoms with Crippen molar-refractivity contribution in [2.75, 3.05) is 0 Å². The van der Waals surface area contributed by atoms with E-state index < -0.39 is 0 Å². The molecule has 0 saturated heterocycles. The summed E-state index contributed by atoms with van der Waals surface area (Å²) in [6.07, 6.45) is 0. The van der Waals surface area contributed by atoms with Crippen LogP contribution in [0.4, 0.5) is 0 Å². The molecular formula is C11H7BrCl2S. The van der Waals surface area contributed by atoms with Crippen LogP contribution in [-0.4, -0.2) is 0 Å². The molecule has 1 atom stereocenters. The zero-order chi connectivity index (χ0) is 10.8. The van der Waals surface area contributed by atoms with Crippen molar-refractivity contribution in [1.29, 1.82) is 0 Å². The van der Waals surface area contributed by atoms with E-state index in [0.29, 0.717) is 10.0 Å². The lowest BCUT2D eigenvalue weighted by atomic mass is 10.1. The molecule has 0 aliphatic rings. The summed E-state index contributed by atoms with van der Waals surface area (Å²) in [6, 6.07) is 9.67. The van der Waals surface area contributed by atoms with E-state index in [1.165, 1.54) is 4.88 Å². The van der Waals surface area contributed by atoms with Crippen LogP contribution in [-0.2, 0) is 0 Å². The van der Waals surface area contributed by atoms with Crippen LogP contribution in [0.15, 0.2) is 35.7 Å². The second kappa shape index (κ2) is 4.88. The van der Waals surface area contributed by atoms with Crippen molar-refractivity contribution < 1.29 is 0 Å². The van der Waals surface area contributed by atoms with Crippen molar-refractivity contribution >= 4 is 50.5 Å². The highest BCUT2D eigenvalue weighted by Crippen LogP contribution is 2.38. The van der Waals surface area contributed by atoms with Crippen LogP contribution in [0, 0.1) is 0 Å². The van der Waals surface area contributed by atoms with E-state index >= 15 is 0 Å². The van der Waals surface area contributed by atoms with E-state index in [2.05, 4.69) is 22.0 Å². The Morgan fingerprint density at radius 1 is 1.20 bits per heavy atom. The Balaban J connectivity index is 2.38. The van der Waals surface area contributed by atoms with E-state index in [1.54, 1.807) is 17.4 Å². The summed E-state index contributed by atoms with van der Waals surface area (Å²) in [5, 5.41) is 3.40. The lowest BCUT2D eigenvalue weighted by molar-refractivity contribution is 1.23. The predicted molar refractivity (Wildman–Crippen MR) is 71.6 cm³/mol. The molecule has 1 unspecified atom stereocenters. The van der Waals surface area contributed by atoms with E-state index in [4.69, 9.17) is 23.2 Å². The topological polar surface area (TPSA) is 0 Å². The predicted octanol–water partition coefficient (Wildman–Crippen LogP) is 5.54. The Bertz CT molecular complexity index is 454. The number of alkyl halides is 1. The summed E-state index contributed by atoms with van der Waals surface area (Å²) in [5.41, 5.74) is 1.04. The van der Waals surface area contributed by atoms with Crippen LogP contribution in [0.1, 0.15) is 15.3 Å². The van der Waals surface area contributed by atoms with Crippen molar-refractivity contribution in [2.24, 2.45) is 0 Å². The van der Waals surface area contributed by atoms with Crippen molar-refractivity contribution in [1.82, 2.24) is 0 Å². The Morgan fingerprint density at radius 3 is 2.60 bits per heavy atom. The zero-order valence-corrected chi connectivity index (χ0v) is 11.5. The highest BCUT2D eigenvalue weighted by atomic mass is 79.9. The van der Waals surface area contributed by atoms with Crippen LogP contribution in [0.5, 0.6) is 0 Å². The molecule has 2 aromatic rings. The first kappa shape index (κ1) is 11.5. The van der Waals surface area contributed by atoms with Gasteiger partial charge in [-0.2, -0.15) is 0 Å². The second-order valence-corrected chi connectivity index (χ2v) is 5.78. The number of benzene rings is 1. The van der Waals surface area contributed by atoms with Gasteiger partial charge in [0, 0.05) is 14.9 Å². The van der Waals surface area contributed by atoms with Gasteiger partial charge in [-0.3, -0.25) is 0 Å². The maximum atomic E-state index is 6.13. The maximum Gasteiger partial charge on any atom is 0.0752 e. The minimum Gasteiger partial charge on any atom is -0.147 e. The third-order valence-electron chi connectivity index (χ3n) is 2.03. The molecule has 0 bridgehead atoms. The lowest BCUT2D eigenvalue weighted by Crippen LogP contribution is -1.90. The van der Waals surface area contributed by atoms with Gasteiger partial charge in [0.25, 0.3) is 0 Å². The van der Waals surface area contributed by atoms with Gasteiger partial charge in [0.2, 0.25) is 0 Å². The van der Waals surface area contributed by atoms with Gasteiger partial charge < -0.3 is 0 Å². The Hall–Kier alpha value is -0.0200. The molecule has 0 amide bonds. The third-order valence-corrected chi connectivity index (χ3v) is 4.82. The van der Waals surface area contributed by atoms with E-state index in [1.807, 2.05) is 23.6 Å². The summed E-state index contributed by atoms with van der Waals surface area (Å²) in [4.78, 5) is 1.38. The summed E-state index contributed by atoms with van der Waals surface area (Å²) >= 11 is 17.3. The number of hydrogen-bond acceptors (Lipinski definition) is 1. The average molecular weight is 322 g/mol. The first-order valence-corrected chi connectivity index (χ1v) is 6.86.